The monoisotopic (exact) mass is 252 g/mol. The van der Waals surface area contributed by atoms with E-state index in [1.807, 2.05) is 17.9 Å². The summed E-state index contributed by atoms with van der Waals surface area (Å²) in [6.45, 7) is 9.33. The summed E-state index contributed by atoms with van der Waals surface area (Å²) in [5.41, 5.74) is 1.23. The highest BCUT2D eigenvalue weighted by atomic mass is 16.5. The van der Waals surface area contributed by atoms with E-state index in [2.05, 4.69) is 35.2 Å². The summed E-state index contributed by atoms with van der Waals surface area (Å²) in [7, 11) is 1.99. The number of hydrogen-bond donors (Lipinski definition) is 1. The molecule has 2 rings (SSSR count). The van der Waals surface area contributed by atoms with E-state index in [9.17, 15) is 0 Å². The molecule has 1 aromatic heterocycles. The molecule has 5 heteroatoms. The van der Waals surface area contributed by atoms with Gasteiger partial charge in [0, 0.05) is 45.0 Å². The van der Waals surface area contributed by atoms with Crippen LogP contribution in [0.15, 0.2) is 12.3 Å². The van der Waals surface area contributed by atoms with Crippen LogP contribution in [0.1, 0.15) is 25.6 Å². The number of rotatable bonds is 5. The quantitative estimate of drug-likeness (QED) is 0.841. The molecular formula is C13H24N4O. The molecule has 1 aliphatic heterocycles. The molecule has 1 fully saturated rings. The summed E-state index contributed by atoms with van der Waals surface area (Å²) >= 11 is 0. The lowest BCUT2D eigenvalue weighted by Crippen LogP contribution is -2.45. The maximum atomic E-state index is 5.36. The highest BCUT2D eigenvalue weighted by molar-refractivity contribution is 5.05. The van der Waals surface area contributed by atoms with Gasteiger partial charge in [0.25, 0.3) is 0 Å². The molecule has 18 heavy (non-hydrogen) atoms. The smallest absolute Gasteiger partial charge is 0.0594 e. The minimum atomic E-state index is 0.327. The molecule has 0 spiro atoms. The zero-order valence-electron chi connectivity index (χ0n) is 11.6. The van der Waals surface area contributed by atoms with Crippen molar-refractivity contribution in [3.05, 3.63) is 18.0 Å². The third-order valence-electron chi connectivity index (χ3n) is 3.47. The van der Waals surface area contributed by atoms with Crippen molar-refractivity contribution < 1.29 is 4.74 Å². The Morgan fingerprint density at radius 1 is 1.39 bits per heavy atom. The Morgan fingerprint density at radius 3 is 2.72 bits per heavy atom. The van der Waals surface area contributed by atoms with Gasteiger partial charge in [0.2, 0.25) is 0 Å². The van der Waals surface area contributed by atoms with Crippen molar-refractivity contribution >= 4 is 0 Å². The molecule has 2 heterocycles. The Morgan fingerprint density at radius 2 is 2.11 bits per heavy atom. The number of hydrogen-bond acceptors (Lipinski definition) is 4. The first kappa shape index (κ1) is 13.5. The SMILES string of the molecule is CC(CN1CCOCC1)NC(C)c1ccnn1C. The lowest BCUT2D eigenvalue weighted by atomic mass is 10.2. The second-order valence-electron chi connectivity index (χ2n) is 5.08. The van der Waals surface area contributed by atoms with Crippen LogP contribution in [0.5, 0.6) is 0 Å². The van der Waals surface area contributed by atoms with Crippen LogP contribution >= 0.6 is 0 Å². The topological polar surface area (TPSA) is 42.3 Å². The number of nitrogens with one attached hydrogen (secondary N) is 1. The van der Waals surface area contributed by atoms with E-state index in [1.54, 1.807) is 0 Å². The molecule has 0 aromatic carbocycles. The third kappa shape index (κ3) is 3.54. The van der Waals surface area contributed by atoms with E-state index in [1.165, 1.54) is 5.69 Å². The fourth-order valence-corrected chi connectivity index (χ4v) is 2.54. The van der Waals surface area contributed by atoms with Crippen LogP contribution in [-0.4, -0.2) is 53.6 Å². The summed E-state index contributed by atoms with van der Waals surface area (Å²) in [6.07, 6.45) is 1.85. The van der Waals surface area contributed by atoms with E-state index in [-0.39, 0.29) is 0 Å². The molecule has 1 saturated heterocycles. The first-order valence-electron chi connectivity index (χ1n) is 6.71. The lowest BCUT2D eigenvalue weighted by molar-refractivity contribution is 0.0339. The Kier molecular flexibility index (Phi) is 4.74. The van der Waals surface area contributed by atoms with E-state index in [0.717, 1.165) is 32.8 Å². The predicted molar refractivity (Wildman–Crippen MR) is 71.5 cm³/mol. The van der Waals surface area contributed by atoms with Crippen molar-refractivity contribution in [2.24, 2.45) is 7.05 Å². The maximum absolute atomic E-state index is 5.36. The van der Waals surface area contributed by atoms with Gasteiger partial charge in [0.05, 0.1) is 18.9 Å². The standard InChI is InChI=1S/C13H24N4O/c1-11(10-17-6-8-18-9-7-17)15-12(2)13-4-5-14-16(13)3/h4-5,11-12,15H,6-10H2,1-3H3. The van der Waals surface area contributed by atoms with Gasteiger partial charge in [0.15, 0.2) is 0 Å². The van der Waals surface area contributed by atoms with Crippen LogP contribution in [0.3, 0.4) is 0 Å². The van der Waals surface area contributed by atoms with Crippen molar-refractivity contribution in [3.8, 4) is 0 Å². The summed E-state index contributed by atoms with van der Waals surface area (Å²) in [5, 5.41) is 7.84. The summed E-state index contributed by atoms with van der Waals surface area (Å²) in [5.74, 6) is 0. The van der Waals surface area contributed by atoms with Gasteiger partial charge in [-0.15, -0.1) is 0 Å². The van der Waals surface area contributed by atoms with Crippen molar-refractivity contribution in [2.75, 3.05) is 32.8 Å². The zero-order valence-corrected chi connectivity index (χ0v) is 11.6. The van der Waals surface area contributed by atoms with Crippen LogP contribution in [-0.2, 0) is 11.8 Å². The van der Waals surface area contributed by atoms with E-state index < -0.39 is 0 Å². The third-order valence-corrected chi connectivity index (χ3v) is 3.47. The fourth-order valence-electron chi connectivity index (χ4n) is 2.54. The molecule has 2 atom stereocenters. The van der Waals surface area contributed by atoms with E-state index in [4.69, 9.17) is 4.74 Å². The molecule has 0 radical (unpaired) electrons. The van der Waals surface area contributed by atoms with Crippen LogP contribution in [0.25, 0.3) is 0 Å². The van der Waals surface area contributed by atoms with E-state index >= 15 is 0 Å². The van der Waals surface area contributed by atoms with Gasteiger partial charge >= 0.3 is 0 Å². The minimum absolute atomic E-state index is 0.327. The number of aromatic nitrogens is 2. The van der Waals surface area contributed by atoms with Crippen LogP contribution in [0, 0.1) is 0 Å². The van der Waals surface area contributed by atoms with Crippen molar-refractivity contribution in [3.63, 3.8) is 0 Å². The predicted octanol–water partition coefficient (Wildman–Crippen LogP) is 0.791. The minimum Gasteiger partial charge on any atom is -0.379 e. The molecule has 1 aliphatic rings. The summed E-state index contributed by atoms with van der Waals surface area (Å²) in [4.78, 5) is 2.46. The van der Waals surface area contributed by atoms with Crippen LogP contribution in [0.4, 0.5) is 0 Å². The summed E-state index contributed by atoms with van der Waals surface area (Å²) in [6, 6.07) is 2.86. The van der Waals surface area contributed by atoms with Gasteiger partial charge in [-0.1, -0.05) is 0 Å². The normalized spacial score (nSPS) is 20.8. The maximum Gasteiger partial charge on any atom is 0.0594 e. The van der Waals surface area contributed by atoms with Gasteiger partial charge < -0.3 is 10.1 Å². The number of ether oxygens (including phenoxy) is 1. The van der Waals surface area contributed by atoms with E-state index in [0.29, 0.717) is 12.1 Å². The van der Waals surface area contributed by atoms with Gasteiger partial charge in [-0.2, -0.15) is 5.10 Å². The number of nitrogens with zero attached hydrogens (tertiary/aromatic N) is 3. The average Bonchev–Trinajstić information content (AvgIpc) is 2.76. The largest absolute Gasteiger partial charge is 0.379 e. The van der Waals surface area contributed by atoms with Crippen LogP contribution in [0.2, 0.25) is 0 Å². The Bertz CT molecular complexity index is 360. The fraction of sp³-hybridized carbons (Fsp3) is 0.769. The Balaban J connectivity index is 1.79. The Labute approximate surface area is 109 Å². The van der Waals surface area contributed by atoms with Crippen molar-refractivity contribution in [1.82, 2.24) is 20.0 Å². The highest BCUT2D eigenvalue weighted by Gasteiger charge is 2.16. The van der Waals surface area contributed by atoms with Gasteiger partial charge in [0.1, 0.15) is 0 Å². The molecule has 2 unspecified atom stereocenters. The average molecular weight is 252 g/mol. The highest BCUT2D eigenvalue weighted by Crippen LogP contribution is 2.11. The molecule has 0 amide bonds. The zero-order chi connectivity index (χ0) is 13.0. The van der Waals surface area contributed by atoms with Crippen LogP contribution < -0.4 is 5.32 Å². The molecule has 5 nitrogen and oxygen atoms in total. The second kappa shape index (κ2) is 6.31. The second-order valence-corrected chi connectivity index (χ2v) is 5.08. The molecule has 0 bridgehead atoms. The first-order chi connectivity index (χ1) is 8.66. The molecule has 1 N–H and O–H groups in total. The molecule has 0 saturated carbocycles. The molecule has 0 aliphatic carbocycles. The summed E-state index contributed by atoms with van der Waals surface area (Å²) < 4.78 is 7.29. The van der Waals surface area contributed by atoms with Gasteiger partial charge in [-0.05, 0) is 19.9 Å². The first-order valence-corrected chi connectivity index (χ1v) is 6.71. The van der Waals surface area contributed by atoms with Crippen molar-refractivity contribution in [1.29, 1.82) is 0 Å². The number of aryl methyl sites for hydroxylation is 1. The van der Waals surface area contributed by atoms with Gasteiger partial charge in [-0.25, -0.2) is 0 Å². The van der Waals surface area contributed by atoms with Crippen molar-refractivity contribution in [2.45, 2.75) is 25.9 Å². The van der Waals surface area contributed by atoms with Gasteiger partial charge in [-0.3, -0.25) is 9.58 Å². The molecular weight excluding hydrogens is 228 g/mol. The number of morpholine rings is 1. The lowest BCUT2D eigenvalue weighted by Gasteiger charge is -2.30. The molecule has 102 valence electrons. The Hall–Kier alpha value is -0.910. The molecule has 1 aromatic rings.